The molecule has 0 fully saturated rings. The zero-order valence-electron chi connectivity index (χ0n) is 9.90. The summed E-state index contributed by atoms with van der Waals surface area (Å²) in [4.78, 5) is 19.9. The maximum absolute atomic E-state index is 11.9. The Kier molecular flexibility index (Phi) is 2.59. The van der Waals surface area contributed by atoms with E-state index in [4.69, 9.17) is 0 Å². The summed E-state index contributed by atoms with van der Waals surface area (Å²) < 4.78 is 1.50. The highest BCUT2D eigenvalue weighted by Crippen LogP contribution is 2.01. The molecular formula is C9H9N9O. The van der Waals surface area contributed by atoms with Crippen LogP contribution in [0.3, 0.4) is 0 Å². The van der Waals surface area contributed by atoms with Gasteiger partial charge in [0.15, 0.2) is 5.82 Å². The van der Waals surface area contributed by atoms with Gasteiger partial charge in [0.05, 0.1) is 6.54 Å². The minimum absolute atomic E-state index is 0.0466. The quantitative estimate of drug-likeness (QED) is 0.609. The summed E-state index contributed by atoms with van der Waals surface area (Å²) in [7, 11) is 0. The number of carbonyl (C=O) groups excluding carboxylic acids is 1. The number of H-pyrrole nitrogens is 1. The predicted molar refractivity (Wildman–Crippen MR) is 60.9 cm³/mol. The Morgan fingerprint density at radius 1 is 1.53 bits per heavy atom. The molecule has 0 saturated carbocycles. The fourth-order valence-corrected chi connectivity index (χ4v) is 1.50. The van der Waals surface area contributed by atoms with E-state index in [2.05, 4.69) is 41.0 Å². The average molecular weight is 259 g/mol. The summed E-state index contributed by atoms with van der Waals surface area (Å²) >= 11 is 0. The van der Waals surface area contributed by atoms with Crippen molar-refractivity contribution in [2.45, 2.75) is 13.5 Å². The van der Waals surface area contributed by atoms with E-state index < -0.39 is 5.91 Å². The molecule has 0 spiro atoms. The number of aryl methyl sites for hydroxylation is 1. The Morgan fingerprint density at radius 3 is 3.16 bits per heavy atom. The first-order valence-electron chi connectivity index (χ1n) is 5.43. The van der Waals surface area contributed by atoms with E-state index in [1.54, 1.807) is 12.3 Å². The lowest BCUT2D eigenvalue weighted by Gasteiger charge is -1.96. The van der Waals surface area contributed by atoms with Crippen LogP contribution in [0.1, 0.15) is 22.1 Å². The summed E-state index contributed by atoms with van der Waals surface area (Å²) in [5.41, 5.74) is 0.842. The van der Waals surface area contributed by atoms with Gasteiger partial charge in [-0.3, -0.25) is 4.79 Å². The molecule has 0 unspecified atom stereocenters. The first kappa shape index (κ1) is 11.2. The van der Waals surface area contributed by atoms with Crippen molar-refractivity contribution in [2.24, 2.45) is 0 Å². The lowest BCUT2D eigenvalue weighted by Crippen LogP contribution is -2.24. The average Bonchev–Trinajstić information content (AvgIpc) is 3.05. The fraction of sp³-hybridized carbons (Fsp3) is 0.222. The smallest absolute Gasteiger partial charge is 0.291 e. The minimum Gasteiger partial charge on any atom is -0.342 e. The molecule has 0 atom stereocenters. The van der Waals surface area contributed by atoms with Crippen LogP contribution in [-0.2, 0) is 6.54 Å². The summed E-state index contributed by atoms with van der Waals surface area (Å²) in [6, 6.07) is 1.78. The molecule has 10 heteroatoms. The van der Waals surface area contributed by atoms with Gasteiger partial charge in [0, 0.05) is 11.9 Å². The van der Waals surface area contributed by atoms with Gasteiger partial charge in [0.2, 0.25) is 5.82 Å². The van der Waals surface area contributed by atoms with Crippen molar-refractivity contribution in [3.63, 3.8) is 0 Å². The standard InChI is InChI=1S/C9H9N9O/c1-5-2-3-10-9-12-7(15-18(5)9)8(19)11-4-6-13-16-17-14-6/h2-3H,4H2,1H3,(H,11,19)(H,13,14,16,17). The van der Waals surface area contributed by atoms with E-state index in [9.17, 15) is 4.79 Å². The van der Waals surface area contributed by atoms with Crippen LogP contribution in [0, 0.1) is 6.92 Å². The van der Waals surface area contributed by atoms with Gasteiger partial charge in [-0.2, -0.15) is 10.2 Å². The molecule has 19 heavy (non-hydrogen) atoms. The van der Waals surface area contributed by atoms with Crippen LogP contribution in [-0.4, -0.2) is 46.1 Å². The number of nitrogens with one attached hydrogen (secondary N) is 2. The molecule has 1 amide bonds. The topological polar surface area (TPSA) is 127 Å². The molecular weight excluding hydrogens is 250 g/mol. The monoisotopic (exact) mass is 259 g/mol. The Hall–Kier alpha value is -2.91. The molecule has 0 aliphatic heterocycles. The van der Waals surface area contributed by atoms with Crippen molar-refractivity contribution in [2.75, 3.05) is 0 Å². The Morgan fingerprint density at radius 2 is 2.42 bits per heavy atom. The van der Waals surface area contributed by atoms with Crippen LogP contribution in [0.2, 0.25) is 0 Å². The molecule has 96 valence electrons. The normalized spacial score (nSPS) is 10.8. The van der Waals surface area contributed by atoms with E-state index >= 15 is 0 Å². The van der Waals surface area contributed by atoms with Crippen molar-refractivity contribution in [3.8, 4) is 0 Å². The third kappa shape index (κ3) is 2.10. The molecule has 0 aliphatic carbocycles. The van der Waals surface area contributed by atoms with Crippen LogP contribution >= 0.6 is 0 Å². The van der Waals surface area contributed by atoms with Crippen molar-refractivity contribution in [1.29, 1.82) is 0 Å². The Labute approximate surface area is 106 Å². The maximum atomic E-state index is 11.9. The second kappa shape index (κ2) is 4.40. The van der Waals surface area contributed by atoms with Gasteiger partial charge in [0.25, 0.3) is 11.7 Å². The third-order valence-corrected chi connectivity index (χ3v) is 2.43. The van der Waals surface area contributed by atoms with Crippen LogP contribution < -0.4 is 5.32 Å². The first-order chi connectivity index (χ1) is 9.24. The van der Waals surface area contributed by atoms with E-state index in [-0.39, 0.29) is 12.4 Å². The van der Waals surface area contributed by atoms with Crippen LogP contribution in [0.15, 0.2) is 12.3 Å². The molecule has 3 aromatic rings. The second-order valence-electron chi connectivity index (χ2n) is 3.74. The molecule has 3 aromatic heterocycles. The van der Waals surface area contributed by atoms with E-state index in [0.717, 1.165) is 5.69 Å². The van der Waals surface area contributed by atoms with Crippen molar-refractivity contribution in [1.82, 2.24) is 45.5 Å². The molecule has 0 saturated heterocycles. The van der Waals surface area contributed by atoms with E-state index in [1.165, 1.54) is 4.52 Å². The van der Waals surface area contributed by atoms with Gasteiger partial charge in [-0.05, 0) is 13.0 Å². The maximum Gasteiger partial charge on any atom is 0.291 e. The Balaban J connectivity index is 1.80. The molecule has 3 heterocycles. The minimum atomic E-state index is -0.422. The molecule has 0 aliphatic rings. The zero-order valence-corrected chi connectivity index (χ0v) is 9.90. The number of aromatic amines is 1. The third-order valence-electron chi connectivity index (χ3n) is 2.43. The first-order valence-corrected chi connectivity index (χ1v) is 5.43. The lowest BCUT2D eigenvalue weighted by atomic mass is 10.5. The van der Waals surface area contributed by atoms with Gasteiger partial charge in [-0.15, -0.1) is 15.3 Å². The van der Waals surface area contributed by atoms with Gasteiger partial charge in [-0.1, -0.05) is 5.21 Å². The molecule has 10 nitrogen and oxygen atoms in total. The number of tetrazole rings is 1. The molecule has 3 rings (SSSR count). The van der Waals surface area contributed by atoms with Gasteiger partial charge >= 0.3 is 0 Å². The van der Waals surface area contributed by atoms with Crippen LogP contribution in [0.5, 0.6) is 0 Å². The number of aromatic nitrogens is 8. The lowest BCUT2D eigenvalue weighted by molar-refractivity contribution is 0.0939. The van der Waals surface area contributed by atoms with Gasteiger partial charge in [-0.25, -0.2) is 9.50 Å². The number of hydrogen-bond acceptors (Lipinski definition) is 7. The number of carbonyl (C=O) groups is 1. The molecule has 0 radical (unpaired) electrons. The summed E-state index contributed by atoms with van der Waals surface area (Å²) in [6.45, 7) is 2.00. The number of hydrogen-bond donors (Lipinski definition) is 2. The predicted octanol–water partition coefficient (Wildman–Crippen LogP) is -1.12. The number of rotatable bonds is 3. The number of amides is 1. The SMILES string of the molecule is Cc1ccnc2nc(C(=O)NCc3nn[nH]n3)nn12. The largest absolute Gasteiger partial charge is 0.342 e. The molecule has 2 N–H and O–H groups in total. The second-order valence-corrected chi connectivity index (χ2v) is 3.74. The highest BCUT2D eigenvalue weighted by atomic mass is 16.2. The summed E-state index contributed by atoms with van der Waals surface area (Å²) in [5.74, 6) is 0.385. The zero-order chi connectivity index (χ0) is 13.2. The number of nitrogens with zero attached hydrogens (tertiary/aromatic N) is 7. The fourth-order valence-electron chi connectivity index (χ4n) is 1.50. The highest BCUT2D eigenvalue weighted by Gasteiger charge is 2.14. The van der Waals surface area contributed by atoms with Crippen LogP contribution in [0.25, 0.3) is 5.78 Å². The summed E-state index contributed by atoms with van der Waals surface area (Å²) in [5, 5.41) is 19.8. The van der Waals surface area contributed by atoms with Crippen molar-refractivity contribution in [3.05, 3.63) is 29.6 Å². The van der Waals surface area contributed by atoms with Gasteiger partial charge < -0.3 is 5.32 Å². The summed E-state index contributed by atoms with van der Waals surface area (Å²) in [6.07, 6.45) is 1.61. The van der Waals surface area contributed by atoms with Crippen molar-refractivity contribution >= 4 is 11.7 Å². The van der Waals surface area contributed by atoms with Crippen molar-refractivity contribution < 1.29 is 4.79 Å². The van der Waals surface area contributed by atoms with E-state index in [1.807, 2.05) is 6.92 Å². The number of fused-ring (bicyclic) bond motifs is 1. The molecule has 0 aromatic carbocycles. The van der Waals surface area contributed by atoms with Gasteiger partial charge in [0.1, 0.15) is 0 Å². The van der Waals surface area contributed by atoms with E-state index in [0.29, 0.717) is 11.6 Å². The Bertz CT molecular complexity index is 716. The van der Waals surface area contributed by atoms with Crippen LogP contribution in [0.4, 0.5) is 0 Å². The molecule has 0 bridgehead atoms. The highest BCUT2D eigenvalue weighted by molar-refractivity contribution is 5.90.